The number of hydrogen-bond acceptors (Lipinski definition) is 4. The molecule has 0 aromatic heterocycles. The third kappa shape index (κ3) is 53.6. The fourth-order valence-electron chi connectivity index (χ4n) is 0. The van der Waals surface area contributed by atoms with E-state index < -0.39 is 10.4 Å². The molecule has 7 heavy (non-hydrogen) atoms. The molecule has 35 valence electrons. The van der Waals surface area contributed by atoms with Gasteiger partial charge in [-0.2, -0.15) is 0 Å². The maximum atomic E-state index is 8.52. The average molecular weight is 274 g/mol. The second-order valence-corrected chi connectivity index (χ2v) is 1.22. The molecule has 0 N–H and O–H groups in total. The van der Waals surface area contributed by atoms with Gasteiger partial charge in [-0.1, -0.05) is 0 Å². The summed E-state index contributed by atoms with van der Waals surface area (Å²) in [4.78, 5) is 0. The van der Waals surface area contributed by atoms with Crippen molar-refractivity contribution in [2.45, 2.75) is 0 Å². The van der Waals surface area contributed by atoms with Crippen LogP contribution in [0.25, 0.3) is 0 Å². The van der Waals surface area contributed by atoms with Crippen LogP contribution in [0.5, 0.6) is 0 Å². The van der Waals surface area contributed by atoms with E-state index in [-0.39, 0.29) is 0 Å². The van der Waals surface area contributed by atoms with Crippen LogP contribution in [0.2, 0.25) is 0 Å². The van der Waals surface area contributed by atoms with Crippen molar-refractivity contribution in [3.05, 3.63) is 0 Å². The van der Waals surface area contributed by atoms with Gasteiger partial charge in [-0.3, -0.25) is 8.42 Å². The van der Waals surface area contributed by atoms with Gasteiger partial charge in [-0.05, 0) is 0 Å². The Balaban J connectivity index is 0. The Morgan fingerprint density at radius 2 is 1.29 bits per heavy atom. The van der Waals surface area contributed by atoms with Crippen LogP contribution in [0.4, 0.5) is 0 Å². The zero-order valence-electron chi connectivity index (χ0n) is 3.75. The van der Waals surface area contributed by atoms with Crippen molar-refractivity contribution in [1.29, 1.82) is 0 Å². The van der Waals surface area contributed by atoms with Gasteiger partial charge < -0.3 is 9.11 Å². The van der Waals surface area contributed by atoms with Crippen LogP contribution in [0, 0.1) is 0 Å². The van der Waals surface area contributed by atoms with E-state index in [1.54, 1.807) is 22.1 Å². The van der Waals surface area contributed by atoms with E-state index in [0.717, 1.165) is 35.1 Å². The van der Waals surface area contributed by atoms with Gasteiger partial charge in [-0.15, -0.1) is 0 Å². The zero-order chi connectivity index (χ0) is 6.50. The van der Waals surface area contributed by atoms with E-state index in [1.165, 1.54) is 0 Å². The molecule has 0 saturated heterocycles. The molecule has 0 unspecified atom stereocenters. The van der Waals surface area contributed by atoms with Gasteiger partial charge in [0.1, 0.15) is 0 Å². The second-order valence-electron chi connectivity index (χ2n) is 0.408. The molecule has 0 aromatic carbocycles. The van der Waals surface area contributed by atoms with Crippen LogP contribution >= 0.6 is 0 Å². The Morgan fingerprint density at radius 3 is 1.29 bits per heavy atom. The van der Waals surface area contributed by atoms with E-state index in [9.17, 15) is 0 Å². The monoisotopic (exact) mass is 275 g/mol. The Labute approximate surface area is 82.3 Å². The van der Waals surface area contributed by atoms with Gasteiger partial charge in [-0.25, -0.2) is 0 Å². The molecule has 0 aliphatic carbocycles. The van der Waals surface area contributed by atoms with Crippen molar-refractivity contribution in [3.63, 3.8) is 0 Å². The van der Waals surface area contributed by atoms with Gasteiger partial charge in [0.2, 0.25) is 0 Å². The normalized spacial score (nSPS) is 8.86. The molecule has 4 nitrogen and oxygen atoms in total. The summed E-state index contributed by atoms with van der Waals surface area (Å²) in [5, 5.41) is 0. The summed E-state index contributed by atoms with van der Waals surface area (Å²) in [6, 6.07) is 0. The Bertz CT molecular complexity index is 94.9. The van der Waals surface area contributed by atoms with Gasteiger partial charge >= 0.3 is 57.2 Å². The van der Waals surface area contributed by atoms with Gasteiger partial charge in [0.05, 0.1) is 0 Å². The molecule has 7 heteroatoms. The molecule has 0 aliphatic rings. The third-order valence-electron chi connectivity index (χ3n) is 0. The Morgan fingerprint density at radius 1 is 1.29 bits per heavy atom. The summed E-state index contributed by atoms with van der Waals surface area (Å²) in [7, 11) is -5.17. The first-order valence-electron chi connectivity index (χ1n) is 1.37. The summed E-state index contributed by atoms with van der Waals surface area (Å²) in [6.07, 6.45) is 0. The summed E-state index contributed by atoms with van der Waals surface area (Å²) in [6.45, 7) is 0. The number of rotatable bonds is 0. The zero-order valence-corrected chi connectivity index (χ0v) is 13.1. The van der Waals surface area contributed by atoms with Crippen molar-refractivity contribution in [2.24, 2.45) is 0 Å². The average Bonchev–Trinajstić information content (AvgIpc) is 1.36. The minimum absolute atomic E-state index is 1.01. The molecular weight excluding hydrogens is 273 g/mol. The minimum atomic E-state index is -5.17. The molecule has 0 amide bonds. The van der Waals surface area contributed by atoms with Crippen LogP contribution in [-0.2, 0) is 10.4 Å². The van der Waals surface area contributed by atoms with Gasteiger partial charge in [0, 0.05) is 10.4 Å². The van der Waals surface area contributed by atoms with Crippen LogP contribution in [0.3, 0.4) is 0 Å². The number of hydrogen-bond donors (Lipinski definition) is 0. The van der Waals surface area contributed by atoms with E-state index >= 15 is 0 Å². The SMILES string of the molecule is O=S(=O)([O-])[O-].[Ca+2][BaH]. The molecule has 0 rings (SSSR count). The predicted molar refractivity (Wildman–Crippen MR) is 23.4 cm³/mol. The predicted octanol–water partition coefficient (Wildman–Crippen LogP) is -2.37. The van der Waals surface area contributed by atoms with Crippen molar-refractivity contribution in [1.82, 2.24) is 0 Å². The van der Waals surface area contributed by atoms with E-state index in [4.69, 9.17) is 17.5 Å². The molecule has 0 aliphatic heterocycles. The van der Waals surface area contributed by atoms with Crippen molar-refractivity contribution in [2.75, 3.05) is 0 Å². The van der Waals surface area contributed by atoms with E-state index in [2.05, 4.69) is 0 Å². The molecule has 0 fully saturated rings. The fraction of sp³-hybridized carbons (Fsp3) is 0. The molecular formula is HBaCaO4S. The molecule has 0 atom stereocenters. The summed E-state index contributed by atoms with van der Waals surface area (Å²) in [5.41, 5.74) is 0. The molecule has 0 bridgehead atoms. The Kier molecular flexibility index (Phi) is 12.1. The van der Waals surface area contributed by atoms with Crippen molar-refractivity contribution >= 4 is 67.6 Å². The topological polar surface area (TPSA) is 80.3 Å². The Hall–Kier alpha value is 2.70. The third-order valence-corrected chi connectivity index (χ3v) is 0. The molecule has 0 heterocycles. The molecule has 7 radical (unpaired) electrons. The first kappa shape index (κ1) is 12.4. The standard InChI is InChI=1S/Ba.Ca.H2O4S.H/c;;1-5(2,3)4;/h;;(H2,1,2,3,4);/q;+2;;/p-2. The summed E-state index contributed by atoms with van der Waals surface area (Å²) < 4.78 is 34.1. The quantitative estimate of drug-likeness (QED) is 0.281. The van der Waals surface area contributed by atoms with E-state index in [0.29, 0.717) is 0 Å². The summed E-state index contributed by atoms with van der Waals surface area (Å²) in [5.74, 6) is 0. The first-order valence-corrected chi connectivity index (χ1v) is 23.2. The van der Waals surface area contributed by atoms with Crippen molar-refractivity contribution in [3.8, 4) is 0 Å². The fourth-order valence-corrected chi connectivity index (χ4v) is 0. The first-order chi connectivity index (χ1) is 3.00. The maximum absolute atomic E-state index is 8.52. The molecule has 0 saturated carbocycles. The molecule has 0 aromatic rings. The summed E-state index contributed by atoms with van der Waals surface area (Å²) >= 11 is 2.61. The van der Waals surface area contributed by atoms with Crippen LogP contribution < -0.4 is 0 Å². The molecule has 0 spiro atoms. The second kappa shape index (κ2) is 6.82. The van der Waals surface area contributed by atoms with Gasteiger partial charge in [0.15, 0.2) is 0 Å². The van der Waals surface area contributed by atoms with Crippen LogP contribution in [0.15, 0.2) is 0 Å². The van der Waals surface area contributed by atoms with Crippen LogP contribution in [-0.4, -0.2) is 74.7 Å². The van der Waals surface area contributed by atoms with Gasteiger partial charge in [0.25, 0.3) is 0 Å². The van der Waals surface area contributed by atoms with Crippen LogP contribution in [0.1, 0.15) is 0 Å². The van der Waals surface area contributed by atoms with Crippen molar-refractivity contribution < 1.29 is 17.5 Å². The van der Waals surface area contributed by atoms with E-state index in [1.807, 2.05) is 0 Å².